The quantitative estimate of drug-likeness (QED) is 0.261. The number of hydrogen-bond donors (Lipinski definition) is 0. The van der Waals surface area contributed by atoms with Gasteiger partial charge in [-0.3, -0.25) is 4.79 Å². The molecule has 24 heavy (non-hydrogen) atoms. The molecule has 1 aliphatic heterocycles. The Bertz CT molecular complexity index is 453. The third kappa shape index (κ3) is 6.51. The predicted molar refractivity (Wildman–Crippen MR) is 106 cm³/mol. The van der Waals surface area contributed by atoms with Gasteiger partial charge in [0.25, 0.3) is 0 Å². The normalized spacial score (nSPS) is 20.5. The highest BCUT2D eigenvalue weighted by Crippen LogP contribution is 2.48. The molecular weight excluding hydrogens is 316 g/mol. The van der Waals surface area contributed by atoms with E-state index < -0.39 is 0 Å². The van der Waals surface area contributed by atoms with E-state index in [9.17, 15) is 4.79 Å². The van der Waals surface area contributed by atoms with Gasteiger partial charge < -0.3 is 4.74 Å². The number of allylic oxidation sites excluding steroid dienone is 1. The van der Waals surface area contributed by atoms with Gasteiger partial charge in [0.05, 0.1) is 4.75 Å². The molecule has 1 rings (SSSR count). The molecular formula is C21H34O2S. The molecule has 1 aliphatic rings. The maximum absolute atomic E-state index is 12.3. The topological polar surface area (TPSA) is 26.3 Å². The number of hydrogen-bond acceptors (Lipinski definition) is 3. The van der Waals surface area contributed by atoms with Crippen LogP contribution in [-0.4, -0.2) is 16.5 Å². The minimum Gasteiger partial charge on any atom is -0.492 e. The van der Waals surface area contributed by atoms with E-state index in [4.69, 9.17) is 4.74 Å². The number of ether oxygens (including phenoxy) is 1. The van der Waals surface area contributed by atoms with Crippen LogP contribution < -0.4 is 0 Å². The molecule has 0 saturated heterocycles. The molecule has 0 spiro atoms. The molecule has 1 atom stereocenters. The van der Waals surface area contributed by atoms with Crippen molar-refractivity contribution in [2.75, 3.05) is 6.61 Å². The first-order valence-electron chi connectivity index (χ1n) is 9.40. The van der Waals surface area contributed by atoms with Crippen molar-refractivity contribution in [3.05, 3.63) is 36.6 Å². The van der Waals surface area contributed by atoms with Gasteiger partial charge in [0.15, 0.2) is 0 Å². The van der Waals surface area contributed by atoms with Crippen LogP contribution in [0.15, 0.2) is 36.6 Å². The Morgan fingerprint density at radius 1 is 1.04 bits per heavy atom. The van der Waals surface area contributed by atoms with Crippen LogP contribution in [0.25, 0.3) is 0 Å². The minimum absolute atomic E-state index is 0.149. The number of carbonyl (C=O) groups excluding carboxylic acids is 1. The molecule has 0 amide bonds. The summed E-state index contributed by atoms with van der Waals surface area (Å²) in [5, 5.41) is 0.149. The molecule has 0 aliphatic carbocycles. The van der Waals surface area contributed by atoms with Gasteiger partial charge in [0, 0.05) is 5.57 Å². The lowest BCUT2D eigenvalue weighted by molar-refractivity contribution is -0.107. The number of rotatable bonds is 14. The lowest BCUT2D eigenvalue weighted by atomic mass is 9.95. The van der Waals surface area contributed by atoms with Gasteiger partial charge in [-0.25, -0.2) is 0 Å². The minimum atomic E-state index is -0.222. The zero-order chi connectivity index (χ0) is 17.8. The molecule has 0 aromatic carbocycles. The van der Waals surface area contributed by atoms with Crippen LogP contribution in [0.1, 0.15) is 78.1 Å². The summed E-state index contributed by atoms with van der Waals surface area (Å²) in [7, 11) is 0. The van der Waals surface area contributed by atoms with Crippen LogP contribution in [0.4, 0.5) is 0 Å². The second-order valence-corrected chi connectivity index (χ2v) is 8.22. The predicted octanol–water partition coefficient (Wildman–Crippen LogP) is 6.58. The summed E-state index contributed by atoms with van der Waals surface area (Å²) in [5.41, 5.74) is 0.791. The van der Waals surface area contributed by atoms with Gasteiger partial charge >= 0.3 is 0 Å². The maximum atomic E-state index is 12.3. The smallest absolute Gasteiger partial charge is 0.220 e. The Balaban J connectivity index is 2.50. The summed E-state index contributed by atoms with van der Waals surface area (Å²) in [4.78, 5) is 12.3. The van der Waals surface area contributed by atoms with Gasteiger partial charge in [-0.1, -0.05) is 88.8 Å². The summed E-state index contributed by atoms with van der Waals surface area (Å²) in [6, 6.07) is 0. The average Bonchev–Trinajstić information content (AvgIpc) is 2.79. The lowest BCUT2D eigenvalue weighted by Crippen LogP contribution is -2.22. The Morgan fingerprint density at radius 3 is 2.25 bits per heavy atom. The average molecular weight is 351 g/mol. The molecule has 0 radical (unpaired) electrons. The largest absolute Gasteiger partial charge is 0.492 e. The molecule has 0 fully saturated rings. The van der Waals surface area contributed by atoms with Gasteiger partial charge in [-0.2, -0.15) is 0 Å². The third-order valence-corrected chi connectivity index (χ3v) is 5.79. The van der Waals surface area contributed by atoms with Crippen LogP contribution in [0, 0.1) is 0 Å². The monoisotopic (exact) mass is 350 g/mol. The van der Waals surface area contributed by atoms with Crippen molar-refractivity contribution in [1.82, 2.24) is 0 Å². The first-order valence-corrected chi connectivity index (χ1v) is 10.2. The fraction of sp³-hybridized carbons (Fsp3) is 0.667. The molecule has 0 aromatic heterocycles. The zero-order valence-corrected chi connectivity index (χ0v) is 16.4. The summed E-state index contributed by atoms with van der Waals surface area (Å²) in [6.07, 6.45) is 15.5. The Hall–Kier alpha value is -0.960. The molecule has 2 nitrogen and oxygen atoms in total. The van der Waals surface area contributed by atoms with Gasteiger partial charge in [-0.15, -0.1) is 6.58 Å². The maximum Gasteiger partial charge on any atom is 0.220 e. The van der Waals surface area contributed by atoms with Crippen LogP contribution in [0.2, 0.25) is 0 Å². The summed E-state index contributed by atoms with van der Waals surface area (Å²) in [6.45, 7) is 12.3. The second-order valence-electron chi connectivity index (χ2n) is 6.75. The Labute approximate surface area is 152 Å². The van der Waals surface area contributed by atoms with Crippen molar-refractivity contribution < 1.29 is 9.53 Å². The van der Waals surface area contributed by atoms with Gasteiger partial charge in [-0.05, 0) is 19.8 Å². The highest BCUT2D eigenvalue weighted by molar-refractivity contribution is 8.15. The first kappa shape index (κ1) is 21.1. The van der Waals surface area contributed by atoms with Crippen molar-refractivity contribution in [2.24, 2.45) is 0 Å². The molecule has 3 heteroatoms. The van der Waals surface area contributed by atoms with Gasteiger partial charge in [0.2, 0.25) is 5.12 Å². The van der Waals surface area contributed by atoms with E-state index >= 15 is 0 Å². The molecule has 0 bridgehead atoms. The Kier molecular flexibility index (Phi) is 10.2. The molecule has 0 saturated carbocycles. The fourth-order valence-electron chi connectivity index (χ4n) is 3.19. The lowest BCUT2D eigenvalue weighted by Gasteiger charge is -2.26. The van der Waals surface area contributed by atoms with Crippen LogP contribution in [0.5, 0.6) is 0 Å². The van der Waals surface area contributed by atoms with Crippen molar-refractivity contribution in [3.8, 4) is 0 Å². The summed E-state index contributed by atoms with van der Waals surface area (Å²) in [5.74, 6) is 0.861. The van der Waals surface area contributed by atoms with E-state index in [1.165, 1.54) is 56.7 Å². The highest BCUT2D eigenvalue weighted by atomic mass is 32.2. The summed E-state index contributed by atoms with van der Waals surface area (Å²) < 4.78 is 5.68. The van der Waals surface area contributed by atoms with Crippen molar-refractivity contribution >= 4 is 16.9 Å². The molecule has 0 unspecified atom stereocenters. The molecule has 136 valence electrons. The second kappa shape index (κ2) is 11.6. The van der Waals surface area contributed by atoms with Crippen molar-refractivity contribution in [1.29, 1.82) is 0 Å². The van der Waals surface area contributed by atoms with Crippen molar-refractivity contribution in [3.63, 3.8) is 0 Å². The molecule has 0 aromatic rings. The van der Waals surface area contributed by atoms with Gasteiger partial charge in [0.1, 0.15) is 12.4 Å². The zero-order valence-electron chi connectivity index (χ0n) is 15.6. The van der Waals surface area contributed by atoms with Crippen LogP contribution in [-0.2, 0) is 9.53 Å². The summed E-state index contributed by atoms with van der Waals surface area (Å²) >= 11 is 1.43. The van der Waals surface area contributed by atoms with Crippen LogP contribution in [0.3, 0.4) is 0 Å². The molecule has 1 heterocycles. The van der Waals surface area contributed by atoms with E-state index in [2.05, 4.69) is 27.0 Å². The van der Waals surface area contributed by atoms with E-state index in [1.54, 1.807) is 12.2 Å². The Morgan fingerprint density at radius 2 is 1.67 bits per heavy atom. The number of carbonyl (C=O) groups is 1. The number of unbranched alkanes of at least 4 members (excludes halogenated alkanes) is 7. The van der Waals surface area contributed by atoms with Crippen LogP contribution >= 0.6 is 11.8 Å². The van der Waals surface area contributed by atoms with Crippen molar-refractivity contribution in [2.45, 2.75) is 82.8 Å². The first-order chi connectivity index (χ1) is 11.6. The fourth-order valence-corrected chi connectivity index (χ4v) is 4.42. The van der Waals surface area contributed by atoms with E-state index in [0.29, 0.717) is 13.0 Å². The molecule has 0 N–H and O–H groups in total. The van der Waals surface area contributed by atoms with E-state index in [0.717, 1.165) is 24.2 Å². The van der Waals surface area contributed by atoms with E-state index in [1.807, 2.05) is 0 Å². The standard InChI is InChI=1S/C21H34O2S/c1-5-8-9-10-11-12-13-14-16-21(4)19(23-17-7-3)18(15-6-2)20(22)24-21/h6-7H,2-3,5,8-17H2,1,4H3/t21-/m1/s1. The number of thioether (sulfide) groups is 1. The van der Waals surface area contributed by atoms with E-state index in [-0.39, 0.29) is 9.86 Å². The highest BCUT2D eigenvalue weighted by Gasteiger charge is 2.43. The SMILES string of the molecule is C=CCOC1=C(CC=C)C(=O)S[C@]1(C)CCCCCCCCCC. The third-order valence-electron chi connectivity index (χ3n) is 4.52.